The van der Waals surface area contributed by atoms with E-state index in [0.717, 1.165) is 0 Å². The molecule has 0 saturated carbocycles. The molecule has 0 fully saturated rings. The molecule has 0 aliphatic carbocycles. The van der Waals surface area contributed by atoms with E-state index < -0.39 is 5.97 Å². The molecule has 6 nitrogen and oxygen atoms in total. The first-order chi connectivity index (χ1) is 6.65. The fourth-order valence-electron chi connectivity index (χ4n) is 0.861. The minimum atomic E-state index is -1.13. The number of aromatic carboxylic acids is 1. The van der Waals surface area contributed by atoms with Gasteiger partial charge in [0, 0.05) is 12.8 Å². The highest BCUT2D eigenvalue weighted by atomic mass is 16.5. The maximum absolute atomic E-state index is 10.6. The van der Waals surface area contributed by atoms with Crippen LogP contribution in [0.2, 0.25) is 0 Å². The molecule has 1 aromatic heterocycles. The molecule has 0 aromatic carbocycles. The maximum atomic E-state index is 10.6. The number of hydrogen-bond acceptors (Lipinski definition) is 5. The smallest absolute Gasteiger partial charge is 0.341 e. The lowest BCUT2D eigenvalue weighted by Gasteiger charge is -2.02. The van der Waals surface area contributed by atoms with Crippen molar-refractivity contribution in [3.05, 3.63) is 17.6 Å². The second-order valence-corrected chi connectivity index (χ2v) is 2.53. The van der Waals surface area contributed by atoms with E-state index in [1.165, 1.54) is 6.20 Å². The van der Waals surface area contributed by atoms with Crippen molar-refractivity contribution < 1.29 is 14.6 Å². The molecule has 0 atom stereocenters. The van der Waals surface area contributed by atoms with Crippen LogP contribution in [0.15, 0.2) is 6.20 Å². The van der Waals surface area contributed by atoms with E-state index in [-0.39, 0.29) is 18.0 Å². The van der Waals surface area contributed by atoms with Crippen molar-refractivity contribution in [2.24, 2.45) is 0 Å². The summed E-state index contributed by atoms with van der Waals surface area (Å²) in [4.78, 5) is 18.1. The van der Waals surface area contributed by atoms with Crippen LogP contribution in [0.5, 0.6) is 0 Å². The number of carbonyl (C=O) groups is 1. The number of ether oxygens (including phenoxy) is 1. The van der Waals surface area contributed by atoms with Gasteiger partial charge < -0.3 is 15.6 Å². The standard InChI is InChI=1S/C8H11N3O3/c1-2-14-4-6-10-3-5(8(12)13)7(9)11-6/h3H,2,4H2,1H3,(H,12,13)(H2,9,10,11). The van der Waals surface area contributed by atoms with E-state index in [4.69, 9.17) is 15.6 Å². The topological polar surface area (TPSA) is 98.3 Å². The Morgan fingerprint density at radius 2 is 2.43 bits per heavy atom. The summed E-state index contributed by atoms with van der Waals surface area (Å²) in [7, 11) is 0. The van der Waals surface area contributed by atoms with Crippen LogP contribution in [0.1, 0.15) is 23.1 Å². The van der Waals surface area contributed by atoms with Gasteiger partial charge in [0.05, 0.1) is 0 Å². The Labute approximate surface area is 80.7 Å². The number of carboxylic acid groups (broad SMARTS) is 1. The predicted molar refractivity (Wildman–Crippen MR) is 48.7 cm³/mol. The minimum absolute atomic E-state index is 0.0396. The first-order valence-electron chi connectivity index (χ1n) is 4.07. The minimum Gasteiger partial charge on any atom is -0.477 e. The SMILES string of the molecule is CCOCc1ncc(C(=O)O)c(N)n1. The van der Waals surface area contributed by atoms with Gasteiger partial charge in [0.1, 0.15) is 18.0 Å². The van der Waals surface area contributed by atoms with E-state index in [9.17, 15) is 4.79 Å². The third-order valence-electron chi connectivity index (χ3n) is 1.53. The van der Waals surface area contributed by atoms with Crippen LogP contribution >= 0.6 is 0 Å². The van der Waals surface area contributed by atoms with Crippen molar-refractivity contribution in [1.82, 2.24) is 9.97 Å². The average Bonchev–Trinajstić information content (AvgIpc) is 2.14. The molecule has 1 aromatic rings. The van der Waals surface area contributed by atoms with Crippen LogP contribution in [-0.2, 0) is 11.3 Å². The number of anilines is 1. The summed E-state index contributed by atoms with van der Waals surface area (Å²) in [5.41, 5.74) is 5.31. The van der Waals surface area contributed by atoms with Gasteiger partial charge in [-0.15, -0.1) is 0 Å². The average molecular weight is 197 g/mol. The van der Waals surface area contributed by atoms with Crippen molar-refractivity contribution in [3.63, 3.8) is 0 Å². The van der Waals surface area contributed by atoms with Gasteiger partial charge in [0.2, 0.25) is 0 Å². The summed E-state index contributed by atoms with van der Waals surface area (Å²) < 4.78 is 5.05. The van der Waals surface area contributed by atoms with Crippen LogP contribution in [0.4, 0.5) is 5.82 Å². The highest BCUT2D eigenvalue weighted by Crippen LogP contribution is 2.07. The van der Waals surface area contributed by atoms with E-state index in [1.807, 2.05) is 6.92 Å². The zero-order valence-electron chi connectivity index (χ0n) is 7.73. The van der Waals surface area contributed by atoms with Gasteiger partial charge in [-0.3, -0.25) is 0 Å². The normalized spacial score (nSPS) is 10.1. The largest absolute Gasteiger partial charge is 0.477 e. The lowest BCUT2D eigenvalue weighted by Crippen LogP contribution is -2.09. The molecule has 3 N–H and O–H groups in total. The molecule has 0 unspecified atom stereocenters. The number of nitrogen functional groups attached to an aromatic ring is 1. The van der Waals surface area contributed by atoms with Crippen LogP contribution < -0.4 is 5.73 Å². The van der Waals surface area contributed by atoms with Crippen LogP contribution in [0, 0.1) is 0 Å². The number of nitrogens with two attached hydrogens (primary N) is 1. The van der Waals surface area contributed by atoms with Crippen molar-refractivity contribution >= 4 is 11.8 Å². The summed E-state index contributed by atoms with van der Waals surface area (Å²) in [6.07, 6.45) is 1.18. The molecule has 76 valence electrons. The zero-order valence-corrected chi connectivity index (χ0v) is 7.73. The Bertz CT molecular complexity index is 341. The van der Waals surface area contributed by atoms with Crippen LogP contribution in [0.25, 0.3) is 0 Å². The Balaban J connectivity index is 2.83. The molecular formula is C8H11N3O3. The fraction of sp³-hybridized carbons (Fsp3) is 0.375. The van der Waals surface area contributed by atoms with Gasteiger partial charge in [0.25, 0.3) is 0 Å². The van der Waals surface area contributed by atoms with Crippen LogP contribution in [-0.4, -0.2) is 27.7 Å². The lowest BCUT2D eigenvalue weighted by molar-refractivity contribution is 0.0696. The predicted octanol–water partition coefficient (Wildman–Crippen LogP) is 0.293. The molecular weight excluding hydrogens is 186 g/mol. The zero-order chi connectivity index (χ0) is 10.6. The van der Waals surface area contributed by atoms with E-state index in [2.05, 4.69) is 9.97 Å². The number of carboxylic acids is 1. The molecule has 0 saturated heterocycles. The molecule has 1 rings (SSSR count). The number of hydrogen-bond donors (Lipinski definition) is 2. The van der Waals surface area contributed by atoms with E-state index in [0.29, 0.717) is 12.4 Å². The fourth-order valence-corrected chi connectivity index (χ4v) is 0.861. The summed E-state index contributed by atoms with van der Waals surface area (Å²) in [6, 6.07) is 0. The van der Waals surface area contributed by atoms with Crippen LogP contribution in [0.3, 0.4) is 0 Å². The highest BCUT2D eigenvalue weighted by molar-refractivity contribution is 5.92. The van der Waals surface area contributed by atoms with Gasteiger partial charge in [-0.2, -0.15) is 0 Å². The molecule has 0 aliphatic rings. The third-order valence-corrected chi connectivity index (χ3v) is 1.53. The van der Waals surface area contributed by atoms with Gasteiger partial charge >= 0.3 is 5.97 Å². The first-order valence-corrected chi connectivity index (χ1v) is 4.07. The summed E-state index contributed by atoms with van der Waals surface area (Å²) in [5.74, 6) is -0.790. The Morgan fingerprint density at radius 3 is 2.93 bits per heavy atom. The highest BCUT2D eigenvalue weighted by Gasteiger charge is 2.10. The number of nitrogens with zero attached hydrogens (tertiary/aromatic N) is 2. The third kappa shape index (κ3) is 2.40. The van der Waals surface area contributed by atoms with Crippen molar-refractivity contribution in [3.8, 4) is 0 Å². The van der Waals surface area contributed by atoms with E-state index >= 15 is 0 Å². The van der Waals surface area contributed by atoms with Crippen molar-refractivity contribution in [2.45, 2.75) is 13.5 Å². The second kappa shape index (κ2) is 4.52. The lowest BCUT2D eigenvalue weighted by atomic mass is 10.3. The van der Waals surface area contributed by atoms with E-state index in [1.54, 1.807) is 0 Å². The molecule has 0 bridgehead atoms. The molecule has 0 aliphatic heterocycles. The van der Waals surface area contributed by atoms with Gasteiger partial charge in [-0.25, -0.2) is 14.8 Å². The Hall–Kier alpha value is -1.69. The molecule has 1 heterocycles. The number of aromatic nitrogens is 2. The maximum Gasteiger partial charge on any atom is 0.341 e. The summed E-state index contributed by atoms with van der Waals surface area (Å²) in [5, 5.41) is 8.64. The molecule has 0 amide bonds. The number of rotatable bonds is 4. The summed E-state index contributed by atoms with van der Waals surface area (Å²) in [6.45, 7) is 2.62. The molecule has 14 heavy (non-hydrogen) atoms. The van der Waals surface area contributed by atoms with Gasteiger partial charge in [-0.1, -0.05) is 0 Å². The summed E-state index contributed by atoms with van der Waals surface area (Å²) >= 11 is 0. The second-order valence-electron chi connectivity index (χ2n) is 2.53. The Morgan fingerprint density at radius 1 is 1.71 bits per heavy atom. The molecule has 0 radical (unpaired) electrons. The van der Waals surface area contributed by atoms with Gasteiger partial charge in [-0.05, 0) is 6.92 Å². The molecule has 6 heteroatoms. The molecule has 0 spiro atoms. The quantitative estimate of drug-likeness (QED) is 0.720. The van der Waals surface area contributed by atoms with Crippen molar-refractivity contribution in [1.29, 1.82) is 0 Å². The van der Waals surface area contributed by atoms with Crippen molar-refractivity contribution in [2.75, 3.05) is 12.3 Å². The monoisotopic (exact) mass is 197 g/mol. The Kier molecular flexibility index (Phi) is 3.35. The van der Waals surface area contributed by atoms with Gasteiger partial charge in [0.15, 0.2) is 5.82 Å². The first kappa shape index (κ1) is 10.4.